The number of methoxy groups -OCH3 is 1. The van der Waals surface area contributed by atoms with Crippen molar-refractivity contribution in [2.75, 3.05) is 13.7 Å². The van der Waals surface area contributed by atoms with Gasteiger partial charge in [0.15, 0.2) is 6.04 Å². The van der Waals surface area contributed by atoms with Crippen LogP contribution in [-0.2, 0) is 14.3 Å². The zero-order valence-electron chi connectivity index (χ0n) is 14.6. The lowest BCUT2D eigenvalue weighted by Crippen LogP contribution is -2.30. The van der Waals surface area contributed by atoms with E-state index in [-0.39, 0.29) is 18.9 Å². The number of esters is 1. The first-order valence-corrected chi connectivity index (χ1v) is 8.31. The van der Waals surface area contributed by atoms with E-state index in [1.165, 1.54) is 0 Å². The minimum absolute atomic E-state index is 0.191. The van der Waals surface area contributed by atoms with Gasteiger partial charge in [-0.2, -0.15) is 10.2 Å². The molecular formula is C18H26N2O4. The summed E-state index contributed by atoms with van der Waals surface area (Å²) in [5, 5.41) is 8.34. The highest BCUT2D eigenvalue weighted by atomic mass is 16.5. The van der Waals surface area contributed by atoms with E-state index < -0.39 is 12.0 Å². The van der Waals surface area contributed by atoms with Crippen LogP contribution in [0.15, 0.2) is 34.5 Å². The Labute approximate surface area is 143 Å². The lowest BCUT2D eigenvalue weighted by atomic mass is 9.91. The Bertz CT molecular complexity index is 528. The monoisotopic (exact) mass is 334 g/mol. The predicted octanol–water partition coefficient (Wildman–Crippen LogP) is 4.11. The van der Waals surface area contributed by atoms with Crippen molar-refractivity contribution in [3.8, 4) is 5.75 Å². The van der Waals surface area contributed by atoms with Crippen molar-refractivity contribution < 1.29 is 19.1 Å². The van der Waals surface area contributed by atoms with Crippen molar-refractivity contribution in [3.05, 3.63) is 24.3 Å². The Balaban J connectivity index is 2.94. The number of hydrogen-bond acceptors (Lipinski definition) is 6. The Morgan fingerprint density at radius 2 is 1.96 bits per heavy atom. The molecule has 0 N–H and O–H groups in total. The molecule has 1 aromatic carbocycles. The summed E-state index contributed by atoms with van der Waals surface area (Å²) in [6.07, 6.45) is 3.74. The Hall–Kier alpha value is -2.24. The van der Waals surface area contributed by atoms with Crippen LogP contribution in [0.25, 0.3) is 0 Å². The number of carbonyl (C=O) groups is 2. The van der Waals surface area contributed by atoms with Crippen LogP contribution in [-0.4, -0.2) is 32.0 Å². The van der Waals surface area contributed by atoms with Crippen molar-refractivity contribution in [1.82, 2.24) is 0 Å². The molecule has 1 unspecified atom stereocenters. The second kappa shape index (κ2) is 11.3. The molecular weight excluding hydrogens is 308 g/mol. The zero-order chi connectivity index (χ0) is 17.8. The van der Waals surface area contributed by atoms with Crippen molar-refractivity contribution in [1.29, 1.82) is 0 Å². The molecule has 0 saturated carbocycles. The molecule has 6 heteroatoms. The molecule has 1 aromatic rings. The highest BCUT2D eigenvalue weighted by Gasteiger charge is 2.29. The Morgan fingerprint density at radius 3 is 2.50 bits per heavy atom. The molecule has 0 aliphatic carbocycles. The number of carbonyl (C=O) groups excluding carboxylic acids is 2. The lowest BCUT2D eigenvalue weighted by molar-refractivity contribution is -0.146. The third-order valence-corrected chi connectivity index (χ3v) is 3.67. The van der Waals surface area contributed by atoms with Gasteiger partial charge in [-0.05, 0) is 37.6 Å². The van der Waals surface area contributed by atoms with Crippen LogP contribution in [0.1, 0.15) is 39.5 Å². The van der Waals surface area contributed by atoms with Gasteiger partial charge >= 0.3 is 5.97 Å². The van der Waals surface area contributed by atoms with Crippen LogP contribution in [0.5, 0.6) is 5.75 Å². The van der Waals surface area contributed by atoms with Gasteiger partial charge in [0.25, 0.3) is 0 Å². The first-order chi connectivity index (χ1) is 11.7. The topological polar surface area (TPSA) is 77.3 Å². The van der Waals surface area contributed by atoms with Gasteiger partial charge in [0.05, 0.1) is 19.4 Å². The van der Waals surface area contributed by atoms with E-state index in [4.69, 9.17) is 9.47 Å². The van der Waals surface area contributed by atoms with E-state index >= 15 is 0 Å². The van der Waals surface area contributed by atoms with Crippen LogP contribution in [0.4, 0.5) is 5.69 Å². The summed E-state index contributed by atoms with van der Waals surface area (Å²) in [6, 6.07) is 6.29. The summed E-state index contributed by atoms with van der Waals surface area (Å²) in [7, 11) is 1.59. The van der Waals surface area contributed by atoms with Gasteiger partial charge in [-0.25, -0.2) is 4.79 Å². The van der Waals surface area contributed by atoms with Gasteiger partial charge in [-0.1, -0.05) is 19.8 Å². The van der Waals surface area contributed by atoms with E-state index in [0.29, 0.717) is 5.69 Å². The molecule has 0 spiro atoms. The molecule has 132 valence electrons. The van der Waals surface area contributed by atoms with Crippen LogP contribution >= 0.6 is 0 Å². The van der Waals surface area contributed by atoms with Gasteiger partial charge in [-0.15, -0.1) is 0 Å². The van der Waals surface area contributed by atoms with Crippen LogP contribution in [0.2, 0.25) is 0 Å². The molecule has 0 aliphatic rings. The molecule has 0 amide bonds. The predicted molar refractivity (Wildman–Crippen MR) is 91.6 cm³/mol. The Kier molecular flexibility index (Phi) is 9.34. The van der Waals surface area contributed by atoms with E-state index in [0.717, 1.165) is 31.3 Å². The summed E-state index contributed by atoms with van der Waals surface area (Å²) in [6.45, 7) is 4.08. The van der Waals surface area contributed by atoms with Gasteiger partial charge in [-0.3, -0.25) is 0 Å². The first kappa shape index (κ1) is 19.8. The number of hydrogen-bond donors (Lipinski definition) is 0. The molecule has 0 radical (unpaired) electrons. The van der Waals surface area contributed by atoms with Gasteiger partial charge in [0.2, 0.25) is 0 Å². The fourth-order valence-electron chi connectivity index (χ4n) is 2.33. The van der Waals surface area contributed by atoms with E-state index in [2.05, 4.69) is 17.2 Å². The van der Waals surface area contributed by atoms with Crippen molar-refractivity contribution in [2.45, 2.75) is 45.6 Å². The molecule has 0 heterocycles. The van der Waals surface area contributed by atoms with Crippen molar-refractivity contribution >= 4 is 17.9 Å². The highest BCUT2D eigenvalue weighted by molar-refractivity contribution is 5.76. The maximum absolute atomic E-state index is 12.2. The molecule has 0 aromatic heterocycles. The van der Waals surface area contributed by atoms with Crippen molar-refractivity contribution in [3.63, 3.8) is 0 Å². The van der Waals surface area contributed by atoms with Crippen molar-refractivity contribution in [2.24, 2.45) is 16.1 Å². The molecule has 0 fully saturated rings. The largest absolute Gasteiger partial charge is 0.497 e. The summed E-state index contributed by atoms with van der Waals surface area (Å²) in [5.41, 5.74) is 0.616. The minimum atomic E-state index is -0.760. The van der Waals surface area contributed by atoms with Crippen LogP contribution in [0.3, 0.4) is 0 Å². The summed E-state index contributed by atoms with van der Waals surface area (Å²) in [4.78, 5) is 23.2. The number of aldehydes is 1. The average molecular weight is 334 g/mol. The fraction of sp³-hybridized carbons (Fsp3) is 0.556. The smallest absolute Gasteiger partial charge is 0.333 e. The van der Waals surface area contributed by atoms with Gasteiger partial charge in [0, 0.05) is 12.3 Å². The molecule has 24 heavy (non-hydrogen) atoms. The maximum Gasteiger partial charge on any atom is 0.333 e. The molecule has 0 saturated heterocycles. The standard InChI is InChI=1S/C18H26N2O4/c1-4-6-7-14(12-13-21)17(18(22)24-5-2)20-19-15-8-10-16(23-3)11-9-15/h8-11,13-14,17H,4-7,12H2,1-3H3/t14-,17?/m0/s1. The number of nitrogens with zero attached hydrogens (tertiary/aromatic N) is 2. The molecule has 0 bridgehead atoms. The number of azo groups is 1. The Morgan fingerprint density at radius 1 is 1.25 bits per heavy atom. The quantitative estimate of drug-likeness (QED) is 0.347. The maximum atomic E-state index is 12.2. The van der Waals surface area contributed by atoms with Gasteiger partial charge in [0.1, 0.15) is 12.0 Å². The molecule has 2 atom stereocenters. The number of benzene rings is 1. The average Bonchev–Trinajstić information content (AvgIpc) is 2.60. The second-order valence-corrected chi connectivity index (χ2v) is 5.42. The van der Waals surface area contributed by atoms with Crippen LogP contribution in [0, 0.1) is 5.92 Å². The van der Waals surface area contributed by atoms with E-state index in [1.54, 1.807) is 38.3 Å². The van der Waals surface area contributed by atoms with Gasteiger partial charge < -0.3 is 14.3 Å². The summed E-state index contributed by atoms with van der Waals surface area (Å²) >= 11 is 0. The summed E-state index contributed by atoms with van der Waals surface area (Å²) < 4.78 is 10.2. The molecule has 1 rings (SSSR count). The minimum Gasteiger partial charge on any atom is -0.497 e. The van der Waals surface area contributed by atoms with Crippen LogP contribution < -0.4 is 4.74 Å². The molecule has 0 aliphatic heterocycles. The second-order valence-electron chi connectivity index (χ2n) is 5.42. The zero-order valence-corrected chi connectivity index (χ0v) is 14.6. The fourth-order valence-corrected chi connectivity index (χ4v) is 2.33. The lowest BCUT2D eigenvalue weighted by Gasteiger charge is -2.19. The SMILES string of the molecule is CCCC[C@@H](CC=O)C(N=Nc1ccc(OC)cc1)C(=O)OCC. The molecule has 6 nitrogen and oxygen atoms in total. The van der Waals surface area contributed by atoms with E-state index in [9.17, 15) is 9.59 Å². The first-order valence-electron chi connectivity index (χ1n) is 8.31. The van der Waals surface area contributed by atoms with E-state index in [1.807, 2.05) is 0 Å². The number of ether oxygens (including phenoxy) is 2. The normalized spacial score (nSPS) is 13.5. The number of rotatable bonds is 11. The third-order valence-electron chi connectivity index (χ3n) is 3.67. The summed E-state index contributed by atoms with van der Waals surface area (Å²) in [5.74, 6) is 0.0962. The third kappa shape index (κ3) is 6.48. The highest BCUT2D eigenvalue weighted by Crippen LogP contribution is 2.23. The number of unbranched alkanes of at least 4 members (excludes halogenated alkanes) is 1.